The normalized spacial score (nSPS) is 12.6. The molecule has 0 saturated carbocycles. The van der Waals surface area contributed by atoms with Crippen molar-refractivity contribution < 1.29 is 22.7 Å². The summed E-state index contributed by atoms with van der Waals surface area (Å²) in [6, 6.07) is 2.40. The van der Waals surface area contributed by atoms with Gasteiger partial charge in [-0.05, 0) is 39.0 Å². The van der Waals surface area contributed by atoms with Crippen molar-refractivity contribution >= 4 is 5.69 Å². The van der Waals surface area contributed by atoms with E-state index in [0.29, 0.717) is 12.6 Å². The van der Waals surface area contributed by atoms with E-state index >= 15 is 0 Å². The molecule has 1 N–H and O–H groups in total. The molecule has 2 nitrogen and oxygen atoms in total. The second-order valence-electron chi connectivity index (χ2n) is 4.99. The Kier molecular flexibility index (Phi) is 4.45. The maximum atomic E-state index is 13.8. The first-order chi connectivity index (χ1) is 8.54. The average Bonchev–Trinajstić information content (AvgIpc) is 2.23. The van der Waals surface area contributed by atoms with Gasteiger partial charge < -0.3 is 10.0 Å². The van der Waals surface area contributed by atoms with Gasteiger partial charge in [0.15, 0.2) is 0 Å². The molecule has 0 aromatic heterocycles. The van der Waals surface area contributed by atoms with Crippen LogP contribution >= 0.6 is 0 Å². The summed E-state index contributed by atoms with van der Waals surface area (Å²) in [6.07, 6.45) is -4.56. The standard InChI is InChI=1S/C13H17F4NO/c1-4-18(8-12(2,3)19)11-6-5-9(7-10(11)14)13(15,16)17/h5-7,19H,4,8H2,1-3H3. The summed E-state index contributed by atoms with van der Waals surface area (Å²) in [5.41, 5.74) is -2.03. The van der Waals surface area contributed by atoms with Crippen LogP contribution in [0, 0.1) is 5.82 Å². The van der Waals surface area contributed by atoms with Crippen molar-refractivity contribution in [3.63, 3.8) is 0 Å². The predicted molar refractivity (Wildman–Crippen MR) is 65.6 cm³/mol. The second kappa shape index (κ2) is 5.36. The molecule has 0 radical (unpaired) electrons. The first-order valence-electron chi connectivity index (χ1n) is 5.88. The summed E-state index contributed by atoms with van der Waals surface area (Å²) >= 11 is 0. The van der Waals surface area contributed by atoms with Crippen LogP contribution in [-0.2, 0) is 6.18 Å². The Labute approximate surface area is 109 Å². The summed E-state index contributed by atoms with van der Waals surface area (Å²) in [5, 5.41) is 9.71. The van der Waals surface area contributed by atoms with Crippen LogP contribution < -0.4 is 4.90 Å². The summed E-state index contributed by atoms with van der Waals surface area (Å²) < 4.78 is 51.1. The van der Waals surface area contributed by atoms with Gasteiger partial charge in [0, 0.05) is 13.1 Å². The van der Waals surface area contributed by atoms with Gasteiger partial charge in [0.05, 0.1) is 16.9 Å². The highest BCUT2D eigenvalue weighted by atomic mass is 19.4. The van der Waals surface area contributed by atoms with E-state index in [-0.39, 0.29) is 12.2 Å². The topological polar surface area (TPSA) is 23.5 Å². The molecule has 0 aliphatic carbocycles. The van der Waals surface area contributed by atoms with Crippen molar-refractivity contribution in [2.75, 3.05) is 18.0 Å². The minimum atomic E-state index is -4.56. The van der Waals surface area contributed by atoms with E-state index in [2.05, 4.69) is 0 Å². The molecule has 0 aliphatic heterocycles. The Morgan fingerprint density at radius 1 is 1.21 bits per heavy atom. The molecule has 0 spiro atoms. The number of halogens is 4. The number of hydrogen-bond acceptors (Lipinski definition) is 2. The van der Waals surface area contributed by atoms with E-state index in [1.165, 1.54) is 4.90 Å². The Bertz CT molecular complexity index is 437. The van der Waals surface area contributed by atoms with Gasteiger partial charge in [-0.1, -0.05) is 0 Å². The van der Waals surface area contributed by atoms with Gasteiger partial charge in [0.25, 0.3) is 0 Å². The number of hydrogen-bond donors (Lipinski definition) is 1. The molecule has 1 rings (SSSR count). The van der Waals surface area contributed by atoms with E-state index < -0.39 is 23.2 Å². The molecule has 0 bridgehead atoms. The van der Waals surface area contributed by atoms with Gasteiger partial charge in [0.1, 0.15) is 5.82 Å². The maximum absolute atomic E-state index is 13.8. The Morgan fingerprint density at radius 2 is 1.79 bits per heavy atom. The van der Waals surface area contributed by atoms with Crippen molar-refractivity contribution in [3.8, 4) is 0 Å². The first kappa shape index (κ1) is 15.8. The predicted octanol–water partition coefficient (Wildman–Crippen LogP) is 3.44. The number of nitrogens with zero attached hydrogens (tertiary/aromatic N) is 1. The highest BCUT2D eigenvalue weighted by Gasteiger charge is 2.31. The van der Waals surface area contributed by atoms with Crippen molar-refractivity contribution in [1.82, 2.24) is 0 Å². The fourth-order valence-electron chi connectivity index (χ4n) is 1.77. The molecule has 0 heterocycles. The molecule has 6 heteroatoms. The van der Waals surface area contributed by atoms with E-state index in [1.807, 2.05) is 0 Å². The average molecular weight is 279 g/mol. The summed E-state index contributed by atoms with van der Waals surface area (Å²) in [4.78, 5) is 1.50. The zero-order chi connectivity index (χ0) is 14.8. The van der Waals surface area contributed by atoms with E-state index in [4.69, 9.17) is 0 Å². The number of aliphatic hydroxyl groups is 1. The van der Waals surface area contributed by atoms with Crippen molar-refractivity contribution in [2.45, 2.75) is 32.5 Å². The minimum Gasteiger partial charge on any atom is -0.389 e. The fraction of sp³-hybridized carbons (Fsp3) is 0.538. The third-order valence-electron chi connectivity index (χ3n) is 2.58. The lowest BCUT2D eigenvalue weighted by Crippen LogP contribution is -2.39. The van der Waals surface area contributed by atoms with Gasteiger partial charge >= 0.3 is 6.18 Å². The molecular formula is C13H17F4NO. The van der Waals surface area contributed by atoms with Gasteiger partial charge in [-0.15, -0.1) is 0 Å². The summed E-state index contributed by atoms with van der Waals surface area (Å²) in [7, 11) is 0. The third-order valence-corrected chi connectivity index (χ3v) is 2.58. The molecule has 0 aliphatic rings. The van der Waals surface area contributed by atoms with Crippen LogP contribution in [0.5, 0.6) is 0 Å². The largest absolute Gasteiger partial charge is 0.416 e. The molecule has 0 saturated heterocycles. The van der Waals surface area contributed by atoms with Crippen LogP contribution in [0.3, 0.4) is 0 Å². The van der Waals surface area contributed by atoms with Crippen LogP contribution in [0.4, 0.5) is 23.2 Å². The van der Waals surface area contributed by atoms with Crippen LogP contribution in [0.2, 0.25) is 0 Å². The number of likely N-dealkylation sites (N-methyl/N-ethyl adjacent to an activating group) is 1. The first-order valence-corrected chi connectivity index (χ1v) is 5.88. The number of alkyl halides is 3. The number of anilines is 1. The molecular weight excluding hydrogens is 262 g/mol. The van der Waals surface area contributed by atoms with Gasteiger partial charge in [-0.3, -0.25) is 0 Å². The van der Waals surface area contributed by atoms with Gasteiger partial charge in [-0.2, -0.15) is 13.2 Å². The summed E-state index contributed by atoms with van der Waals surface area (Å²) in [5.74, 6) is -0.944. The zero-order valence-corrected chi connectivity index (χ0v) is 11.1. The van der Waals surface area contributed by atoms with Crippen molar-refractivity contribution in [3.05, 3.63) is 29.6 Å². The van der Waals surface area contributed by atoms with Crippen LogP contribution in [0.1, 0.15) is 26.3 Å². The Hall–Kier alpha value is -1.30. The van der Waals surface area contributed by atoms with Crippen LogP contribution in [0.25, 0.3) is 0 Å². The Balaban J connectivity index is 3.07. The maximum Gasteiger partial charge on any atom is 0.416 e. The van der Waals surface area contributed by atoms with Crippen molar-refractivity contribution in [2.24, 2.45) is 0 Å². The van der Waals surface area contributed by atoms with Crippen LogP contribution in [-0.4, -0.2) is 23.8 Å². The quantitative estimate of drug-likeness (QED) is 0.853. The molecule has 1 aromatic rings. The molecule has 108 valence electrons. The van der Waals surface area contributed by atoms with Crippen LogP contribution in [0.15, 0.2) is 18.2 Å². The van der Waals surface area contributed by atoms with E-state index in [9.17, 15) is 22.7 Å². The molecule has 0 fully saturated rings. The molecule has 0 amide bonds. The zero-order valence-electron chi connectivity index (χ0n) is 11.1. The van der Waals surface area contributed by atoms with Crippen molar-refractivity contribution in [1.29, 1.82) is 0 Å². The SMILES string of the molecule is CCN(CC(C)(C)O)c1ccc(C(F)(F)F)cc1F. The second-order valence-corrected chi connectivity index (χ2v) is 4.99. The monoisotopic (exact) mass is 279 g/mol. The summed E-state index contributed by atoms with van der Waals surface area (Å²) in [6.45, 7) is 5.36. The number of benzene rings is 1. The lowest BCUT2D eigenvalue weighted by atomic mass is 10.1. The van der Waals surface area contributed by atoms with E-state index in [1.54, 1.807) is 20.8 Å². The highest BCUT2D eigenvalue weighted by Crippen LogP contribution is 2.32. The van der Waals surface area contributed by atoms with Gasteiger partial charge in [-0.25, -0.2) is 4.39 Å². The molecule has 19 heavy (non-hydrogen) atoms. The smallest absolute Gasteiger partial charge is 0.389 e. The van der Waals surface area contributed by atoms with Gasteiger partial charge in [0.2, 0.25) is 0 Å². The Morgan fingerprint density at radius 3 is 2.16 bits per heavy atom. The lowest BCUT2D eigenvalue weighted by molar-refractivity contribution is -0.137. The highest BCUT2D eigenvalue weighted by molar-refractivity contribution is 5.49. The number of rotatable bonds is 4. The molecule has 0 atom stereocenters. The molecule has 1 aromatic carbocycles. The lowest BCUT2D eigenvalue weighted by Gasteiger charge is -2.30. The fourth-order valence-corrected chi connectivity index (χ4v) is 1.77. The van der Waals surface area contributed by atoms with E-state index in [0.717, 1.165) is 12.1 Å². The minimum absolute atomic E-state index is 0.0534. The molecule has 0 unspecified atom stereocenters. The third kappa shape index (κ3) is 4.38.